The summed E-state index contributed by atoms with van der Waals surface area (Å²) in [5.41, 5.74) is 6.17. The molecule has 5 rings (SSSR count). The molecule has 37 heavy (non-hydrogen) atoms. The Hall–Kier alpha value is -4.03. The van der Waals surface area contributed by atoms with E-state index in [2.05, 4.69) is 36.2 Å². The van der Waals surface area contributed by atoms with Crippen molar-refractivity contribution < 1.29 is 14.3 Å². The standard InChI is InChI=1S/C31H31N3O3/c1-21(2)23-12-14-24(15-13-23)32-29(35)20-37-31(36)30-25-10-6-7-11-27(25)33-28-16-17-34(19-26(28)30)18-22-8-4-3-5-9-22/h3-15,21H,16-20H2,1-2H3,(H,32,35). The molecular weight excluding hydrogens is 462 g/mol. The lowest BCUT2D eigenvalue weighted by Gasteiger charge is -2.30. The van der Waals surface area contributed by atoms with Crippen LogP contribution in [-0.4, -0.2) is 34.9 Å². The van der Waals surface area contributed by atoms with Crippen molar-refractivity contribution in [3.63, 3.8) is 0 Å². The first-order valence-electron chi connectivity index (χ1n) is 12.7. The predicted molar refractivity (Wildman–Crippen MR) is 145 cm³/mol. The van der Waals surface area contributed by atoms with Gasteiger partial charge < -0.3 is 10.1 Å². The van der Waals surface area contributed by atoms with E-state index in [0.29, 0.717) is 23.7 Å². The molecule has 1 aliphatic heterocycles. The van der Waals surface area contributed by atoms with Crippen molar-refractivity contribution in [2.75, 3.05) is 18.5 Å². The van der Waals surface area contributed by atoms with Crippen molar-refractivity contribution in [2.24, 2.45) is 0 Å². The topological polar surface area (TPSA) is 71.5 Å². The second-order valence-corrected chi connectivity index (χ2v) is 9.78. The third-order valence-electron chi connectivity index (χ3n) is 6.77. The molecule has 0 aliphatic carbocycles. The predicted octanol–water partition coefficient (Wildman–Crippen LogP) is 5.71. The number of ether oxygens (including phenoxy) is 1. The fraction of sp³-hybridized carbons (Fsp3) is 0.258. The number of carbonyl (C=O) groups excluding carboxylic acids is 2. The summed E-state index contributed by atoms with van der Waals surface area (Å²) in [5.74, 6) is -0.458. The maximum absolute atomic E-state index is 13.4. The zero-order valence-electron chi connectivity index (χ0n) is 21.2. The van der Waals surface area contributed by atoms with E-state index in [9.17, 15) is 9.59 Å². The van der Waals surface area contributed by atoms with Gasteiger partial charge in [0.1, 0.15) is 0 Å². The molecule has 6 nitrogen and oxygen atoms in total. The van der Waals surface area contributed by atoms with Gasteiger partial charge in [-0.1, -0.05) is 74.5 Å². The highest BCUT2D eigenvalue weighted by atomic mass is 16.5. The van der Waals surface area contributed by atoms with Gasteiger partial charge >= 0.3 is 5.97 Å². The third-order valence-corrected chi connectivity index (χ3v) is 6.77. The summed E-state index contributed by atoms with van der Waals surface area (Å²) in [6.07, 6.45) is 0.750. The molecule has 0 unspecified atom stereocenters. The molecule has 3 aromatic carbocycles. The van der Waals surface area contributed by atoms with Crippen LogP contribution >= 0.6 is 0 Å². The molecule has 0 bridgehead atoms. The highest BCUT2D eigenvalue weighted by Crippen LogP contribution is 2.29. The Morgan fingerprint density at radius 2 is 1.70 bits per heavy atom. The Kier molecular flexibility index (Phi) is 7.28. The molecule has 1 amide bonds. The van der Waals surface area contributed by atoms with Crippen molar-refractivity contribution in [3.05, 3.63) is 107 Å². The fourth-order valence-corrected chi connectivity index (χ4v) is 4.81. The van der Waals surface area contributed by atoms with E-state index in [1.165, 1.54) is 11.1 Å². The van der Waals surface area contributed by atoms with Crippen LogP contribution in [0.1, 0.15) is 52.5 Å². The number of amides is 1. The van der Waals surface area contributed by atoms with Crippen molar-refractivity contribution in [2.45, 2.75) is 39.3 Å². The Morgan fingerprint density at radius 3 is 2.46 bits per heavy atom. The number of carbonyl (C=O) groups is 2. The number of pyridine rings is 1. The van der Waals surface area contributed by atoms with Gasteiger partial charge in [-0.15, -0.1) is 0 Å². The molecule has 188 valence electrons. The lowest BCUT2D eigenvalue weighted by molar-refractivity contribution is -0.119. The number of anilines is 1. The van der Waals surface area contributed by atoms with Crippen LogP contribution in [0.15, 0.2) is 78.9 Å². The minimum absolute atomic E-state index is 0.357. The first-order chi connectivity index (χ1) is 18.0. The Labute approximate surface area is 217 Å². The molecule has 6 heteroatoms. The Balaban J connectivity index is 1.34. The number of rotatable bonds is 7. The van der Waals surface area contributed by atoms with Crippen molar-refractivity contribution in [1.29, 1.82) is 0 Å². The van der Waals surface area contributed by atoms with Gasteiger partial charge in [0.15, 0.2) is 6.61 Å². The first kappa shape index (κ1) is 24.7. The van der Waals surface area contributed by atoms with E-state index in [-0.39, 0.29) is 12.5 Å². The SMILES string of the molecule is CC(C)c1ccc(NC(=O)COC(=O)c2c3c(nc4ccccc24)CCN(Cc2ccccc2)C3)cc1. The lowest BCUT2D eigenvalue weighted by Crippen LogP contribution is -2.32. The minimum Gasteiger partial charge on any atom is -0.452 e. The fourth-order valence-electron chi connectivity index (χ4n) is 4.81. The number of hydrogen-bond donors (Lipinski definition) is 1. The number of esters is 1. The molecule has 0 fully saturated rings. The second-order valence-electron chi connectivity index (χ2n) is 9.78. The molecule has 0 radical (unpaired) electrons. The van der Waals surface area contributed by atoms with E-state index in [1.54, 1.807) is 0 Å². The van der Waals surface area contributed by atoms with Crippen molar-refractivity contribution in [1.82, 2.24) is 9.88 Å². The average Bonchev–Trinajstić information content (AvgIpc) is 2.91. The van der Waals surface area contributed by atoms with Gasteiger partial charge in [0.25, 0.3) is 5.91 Å². The smallest absolute Gasteiger partial charge is 0.339 e. The van der Waals surface area contributed by atoms with Crippen LogP contribution in [-0.2, 0) is 29.0 Å². The lowest BCUT2D eigenvalue weighted by atomic mass is 9.95. The summed E-state index contributed by atoms with van der Waals surface area (Å²) in [6, 6.07) is 25.6. The van der Waals surface area contributed by atoms with Crippen LogP contribution in [0.3, 0.4) is 0 Å². The third kappa shape index (κ3) is 5.70. The number of nitrogens with zero attached hydrogens (tertiary/aromatic N) is 2. The number of para-hydroxylation sites is 1. The largest absolute Gasteiger partial charge is 0.452 e. The van der Waals surface area contributed by atoms with Crippen LogP contribution in [0, 0.1) is 0 Å². The first-order valence-corrected chi connectivity index (χ1v) is 12.7. The second kappa shape index (κ2) is 10.9. The molecule has 4 aromatic rings. The summed E-state index contributed by atoms with van der Waals surface area (Å²) < 4.78 is 5.55. The summed E-state index contributed by atoms with van der Waals surface area (Å²) in [5, 5.41) is 3.56. The Morgan fingerprint density at radius 1 is 0.973 bits per heavy atom. The van der Waals surface area contributed by atoms with E-state index >= 15 is 0 Å². The molecule has 1 aromatic heterocycles. The van der Waals surface area contributed by atoms with E-state index in [4.69, 9.17) is 9.72 Å². The summed E-state index contributed by atoms with van der Waals surface area (Å²) >= 11 is 0. The van der Waals surface area contributed by atoms with Crippen molar-refractivity contribution in [3.8, 4) is 0 Å². The van der Waals surface area contributed by atoms with Gasteiger partial charge in [-0.25, -0.2) is 4.79 Å². The molecule has 0 spiro atoms. The van der Waals surface area contributed by atoms with E-state index < -0.39 is 5.97 Å². The molecule has 1 aliphatic rings. The summed E-state index contributed by atoms with van der Waals surface area (Å²) in [7, 11) is 0. The molecule has 0 saturated heterocycles. The van der Waals surface area contributed by atoms with E-state index in [1.807, 2.05) is 66.7 Å². The van der Waals surface area contributed by atoms with Gasteiger partial charge in [0, 0.05) is 48.4 Å². The quantitative estimate of drug-likeness (QED) is 0.334. The molecular formula is C31H31N3O3. The number of hydrogen-bond acceptors (Lipinski definition) is 5. The molecule has 0 atom stereocenters. The van der Waals surface area contributed by atoms with Crippen LogP contribution in [0.25, 0.3) is 10.9 Å². The number of fused-ring (bicyclic) bond motifs is 2. The van der Waals surface area contributed by atoms with Gasteiger partial charge in [-0.2, -0.15) is 0 Å². The Bertz CT molecular complexity index is 1420. The summed E-state index contributed by atoms with van der Waals surface area (Å²) in [6.45, 7) is 6.13. The van der Waals surface area contributed by atoms with Gasteiger partial charge in [0.05, 0.1) is 11.1 Å². The van der Waals surface area contributed by atoms with Crippen LogP contribution < -0.4 is 5.32 Å². The van der Waals surface area contributed by atoms with Crippen LogP contribution in [0.2, 0.25) is 0 Å². The zero-order valence-corrected chi connectivity index (χ0v) is 21.2. The summed E-state index contributed by atoms with van der Waals surface area (Å²) in [4.78, 5) is 33.2. The van der Waals surface area contributed by atoms with Crippen LogP contribution in [0.4, 0.5) is 5.69 Å². The maximum Gasteiger partial charge on any atom is 0.339 e. The van der Waals surface area contributed by atoms with Gasteiger partial charge in [0.2, 0.25) is 0 Å². The highest BCUT2D eigenvalue weighted by Gasteiger charge is 2.27. The minimum atomic E-state index is -0.498. The molecule has 1 N–H and O–H groups in total. The maximum atomic E-state index is 13.4. The van der Waals surface area contributed by atoms with E-state index in [0.717, 1.165) is 41.7 Å². The molecule has 0 saturated carbocycles. The zero-order chi connectivity index (χ0) is 25.8. The van der Waals surface area contributed by atoms with Crippen molar-refractivity contribution >= 4 is 28.5 Å². The molecule has 2 heterocycles. The number of aromatic nitrogens is 1. The van der Waals surface area contributed by atoms with Crippen LogP contribution in [0.5, 0.6) is 0 Å². The number of nitrogens with one attached hydrogen (secondary N) is 1. The average molecular weight is 494 g/mol. The van der Waals surface area contributed by atoms with Gasteiger partial charge in [-0.3, -0.25) is 14.7 Å². The monoisotopic (exact) mass is 493 g/mol. The highest BCUT2D eigenvalue weighted by molar-refractivity contribution is 6.06. The normalized spacial score (nSPS) is 13.4. The van der Waals surface area contributed by atoms with Gasteiger partial charge in [-0.05, 0) is 35.2 Å². The number of benzene rings is 3.